The molecule has 9 aromatic rings. The number of para-hydroxylation sites is 2. The number of furan rings is 1. The van der Waals surface area contributed by atoms with Crippen LogP contribution >= 0.6 is 0 Å². The molecular formula is C50H35NO. The minimum atomic E-state index is 0.913. The van der Waals surface area contributed by atoms with Gasteiger partial charge in [-0.15, -0.1) is 0 Å². The fourth-order valence-corrected chi connectivity index (χ4v) is 8.20. The highest BCUT2D eigenvalue weighted by Crippen LogP contribution is 2.42. The third-order valence-corrected chi connectivity index (χ3v) is 10.6. The van der Waals surface area contributed by atoms with Gasteiger partial charge < -0.3 is 9.32 Å². The van der Waals surface area contributed by atoms with E-state index in [1.807, 2.05) is 6.07 Å². The van der Waals surface area contributed by atoms with Crippen LogP contribution in [0.15, 0.2) is 192 Å². The molecule has 0 saturated carbocycles. The van der Waals surface area contributed by atoms with Gasteiger partial charge in [-0.1, -0.05) is 146 Å². The molecule has 0 fully saturated rings. The van der Waals surface area contributed by atoms with E-state index in [1.54, 1.807) is 0 Å². The molecule has 0 saturated heterocycles. The van der Waals surface area contributed by atoms with E-state index in [9.17, 15) is 0 Å². The summed E-state index contributed by atoms with van der Waals surface area (Å²) in [5.41, 5.74) is 13.0. The van der Waals surface area contributed by atoms with E-state index >= 15 is 0 Å². The Balaban J connectivity index is 1.19. The highest BCUT2D eigenvalue weighted by atomic mass is 16.3. The first-order chi connectivity index (χ1) is 25.8. The Morgan fingerprint density at radius 3 is 1.75 bits per heavy atom. The van der Waals surface area contributed by atoms with Crippen molar-refractivity contribution in [3.05, 3.63) is 204 Å². The first-order valence-corrected chi connectivity index (χ1v) is 18.1. The highest BCUT2D eigenvalue weighted by molar-refractivity contribution is 6.22. The second kappa shape index (κ2) is 12.6. The first-order valence-electron chi connectivity index (χ1n) is 18.1. The van der Waals surface area contributed by atoms with Gasteiger partial charge in [-0.2, -0.15) is 0 Å². The number of hydrogen-bond donors (Lipinski definition) is 0. The van der Waals surface area contributed by atoms with Crippen LogP contribution in [-0.4, -0.2) is 0 Å². The number of anilines is 2. The molecule has 1 aliphatic carbocycles. The molecule has 2 nitrogen and oxygen atoms in total. The molecule has 0 bridgehead atoms. The van der Waals surface area contributed by atoms with E-state index < -0.39 is 0 Å². The van der Waals surface area contributed by atoms with Crippen LogP contribution in [-0.2, 0) is 0 Å². The van der Waals surface area contributed by atoms with Gasteiger partial charge in [0, 0.05) is 33.1 Å². The summed E-state index contributed by atoms with van der Waals surface area (Å²) in [7, 11) is 0. The molecule has 1 aliphatic rings. The second-order valence-electron chi connectivity index (χ2n) is 13.6. The van der Waals surface area contributed by atoms with Crippen LogP contribution in [0.2, 0.25) is 0 Å². The smallest absolute Gasteiger partial charge is 0.136 e. The fourth-order valence-electron chi connectivity index (χ4n) is 8.20. The zero-order valence-electron chi connectivity index (χ0n) is 28.7. The van der Waals surface area contributed by atoms with Gasteiger partial charge in [0.15, 0.2) is 0 Å². The van der Waals surface area contributed by atoms with Crippen molar-refractivity contribution in [1.82, 2.24) is 0 Å². The summed E-state index contributed by atoms with van der Waals surface area (Å²) in [6, 6.07) is 67.8. The lowest BCUT2D eigenvalue weighted by Crippen LogP contribution is -2.37. The molecule has 0 N–H and O–H groups in total. The average Bonchev–Trinajstić information content (AvgIpc) is 3.61. The van der Waals surface area contributed by atoms with E-state index in [2.05, 4.69) is 187 Å². The maximum Gasteiger partial charge on any atom is 0.136 e. The Morgan fingerprint density at radius 2 is 0.981 bits per heavy atom. The van der Waals surface area contributed by atoms with E-state index in [-0.39, 0.29) is 0 Å². The van der Waals surface area contributed by atoms with E-state index in [1.165, 1.54) is 65.7 Å². The monoisotopic (exact) mass is 665 g/mol. The van der Waals surface area contributed by atoms with Gasteiger partial charge in [0.05, 0.1) is 0 Å². The van der Waals surface area contributed by atoms with Gasteiger partial charge in [0.25, 0.3) is 0 Å². The molecule has 0 amide bonds. The first kappa shape index (κ1) is 30.2. The quantitative estimate of drug-likeness (QED) is 0.176. The van der Waals surface area contributed by atoms with Gasteiger partial charge in [-0.05, 0) is 105 Å². The molecule has 0 unspecified atom stereocenters. The van der Waals surface area contributed by atoms with Crippen molar-refractivity contribution in [1.29, 1.82) is 0 Å². The topological polar surface area (TPSA) is 16.4 Å². The molecule has 1 aromatic heterocycles. The van der Waals surface area contributed by atoms with Crippen molar-refractivity contribution in [2.24, 2.45) is 0 Å². The largest absolute Gasteiger partial charge is 0.456 e. The lowest BCUT2D eigenvalue weighted by molar-refractivity contribution is 0.669. The number of nitrogens with zero attached hydrogens (tertiary/aromatic N) is 1. The number of fused-ring (bicyclic) bond motifs is 6. The van der Waals surface area contributed by atoms with Crippen molar-refractivity contribution in [2.75, 3.05) is 4.90 Å². The third-order valence-electron chi connectivity index (χ3n) is 10.6. The highest BCUT2D eigenvalue weighted by Gasteiger charge is 2.22. The van der Waals surface area contributed by atoms with Gasteiger partial charge in [-0.25, -0.2) is 0 Å². The van der Waals surface area contributed by atoms with Crippen LogP contribution in [0.4, 0.5) is 11.4 Å². The summed E-state index contributed by atoms with van der Waals surface area (Å²) >= 11 is 0. The van der Waals surface area contributed by atoms with Crippen molar-refractivity contribution in [3.63, 3.8) is 0 Å². The van der Waals surface area contributed by atoms with Crippen LogP contribution in [0.5, 0.6) is 0 Å². The molecule has 1 heterocycles. The molecule has 0 spiro atoms. The summed E-state index contributed by atoms with van der Waals surface area (Å²) in [4.78, 5) is 2.46. The molecule has 2 heteroatoms. The average molecular weight is 666 g/mol. The van der Waals surface area contributed by atoms with Crippen LogP contribution in [0.25, 0.3) is 66.2 Å². The maximum absolute atomic E-state index is 6.44. The van der Waals surface area contributed by atoms with E-state index in [0.29, 0.717) is 0 Å². The van der Waals surface area contributed by atoms with Crippen molar-refractivity contribution in [2.45, 2.75) is 12.8 Å². The summed E-state index contributed by atoms with van der Waals surface area (Å²) < 4.78 is 6.44. The molecule has 8 aromatic carbocycles. The maximum atomic E-state index is 6.44. The molecular weight excluding hydrogens is 631 g/mol. The normalized spacial score (nSPS) is 12.8. The Bertz CT molecular complexity index is 2870. The van der Waals surface area contributed by atoms with Crippen LogP contribution in [0, 0.1) is 0 Å². The number of hydrogen-bond acceptors (Lipinski definition) is 2. The summed E-state index contributed by atoms with van der Waals surface area (Å²) in [5, 5.41) is 7.37. The Labute approximate surface area is 302 Å². The molecule has 246 valence electrons. The van der Waals surface area contributed by atoms with Gasteiger partial charge in [0.2, 0.25) is 0 Å². The Morgan fingerprint density at radius 1 is 0.385 bits per heavy atom. The second-order valence-corrected chi connectivity index (χ2v) is 13.6. The Kier molecular flexibility index (Phi) is 7.32. The molecule has 10 rings (SSSR count). The van der Waals surface area contributed by atoms with E-state index in [4.69, 9.17) is 4.42 Å². The summed E-state index contributed by atoms with van der Waals surface area (Å²) in [5.74, 6) is 0. The minimum absolute atomic E-state index is 0.913. The predicted octanol–water partition coefficient (Wildman–Crippen LogP) is 12.0. The molecule has 0 atom stereocenters. The summed E-state index contributed by atoms with van der Waals surface area (Å²) in [6.45, 7) is 0. The van der Waals surface area contributed by atoms with Crippen molar-refractivity contribution >= 4 is 55.4 Å². The van der Waals surface area contributed by atoms with Crippen LogP contribution in [0.1, 0.15) is 18.4 Å². The lowest BCUT2D eigenvalue weighted by atomic mass is 9.88. The van der Waals surface area contributed by atoms with Gasteiger partial charge >= 0.3 is 0 Å². The predicted molar refractivity (Wildman–Crippen MR) is 218 cm³/mol. The molecule has 0 aliphatic heterocycles. The third kappa shape index (κ3) is 5.11. The van der Waals surface area contributed by atoms with Crippen LogP contribution < -0.4 is 15.3 Å². The van der Waals surface area contributed by atoms with E-state index in [0.717, 1.165) is 40.8 Å². The van der Waals surface area contributed by atoms with Crippen LogP contribution in [0.3, 0.4) is 0 Å². The van der Waals surface area contributed by atoms with Crippen molar-refractivity contribution < 1.29 is 4.42 Å². The zero-order chi connectivity index (χ0) is 34.4. The lowest BCUT2D eigenvalue weighted by Gasteiger charge is -2.31. The standard InChI is InChI=1S/C50H35NO/c1-4-14-34(15-5-1)35-24-27-39(28-25-35)51(38-18-8-3-9-19-38)47-31-30-40(41-20-10-11-21-42(41)47)37-26-29-43-46(32-37)45(36-16-6-2-7-17-36)33-49-50(43)44-22-12-13-23-48(44)52-49/h1-29,32-33H,30-31H2. The number of benzene rings is 8. The van der Waals surface area contributed by atoms with Crippen molar-refractivity contribution in [3.8, 4) is 22.3 Å². The van der Waals surface area contributed by atoms with Gasteiger partial charge in [-0.3, -0.25) is 0 Å². The summed E-state index contributed by atoms with van der Waals surface area (Å²) in [6.07, 6.45) is 1.84. The molecule has 52 heavy (non-hydrogen) atoms. The molecule has 0 radical (unpaired) electrons. The van der Waals surface area contributed by atoms with Gasteiger partial charge in [0.1, 0.15) is 11.2 Å². The number of rotatable bonds is 6. The zero-order valence-corrected chi connectivity index (χ0v) is 28.7. The minimum Gasteiger partial charge on any atom is -0.456 e. The SMILES string of the molecule is c1ccc(-c2ccc(N(C3=c4ccccc4=C(c4ccc5c(c4)c(-c4ccccc4)cc4oc6ccccc6c45)CC3)c3ccccc3)cc2)cc1. The Hall–Kier alpha value is -6.64. The fraction of sp³-hybridized carbons (Fsp3) is 0.0400.